The van der Waals surface area contributed by atoms with Gasteiger partial charge in [-0.1, -0.05) is 12.1 Å². The van der Waals surface area contributed by atoms with Gasteiger partial charge >= 0.3 is 6.18 Å². The van der Waals surface area contributed by atoms with Crippen molar-refractivity contribution >= 4 is 5.71 Å². The molecule has 2 heterocycles. The lowest BCUT2D eigenvalue weighted by Gasteiger charge is -2.38. The molecule has 1 atom stereocenters. The number of benzene rings is 1. The van der Waals surface area contributed by atoms with Crippen LogP contribution in [0.25, 0.3) is 0 Å². The van der Waals surface area contributed by atoms with Crippen LogP contribution < -0.4 is 4.74 Å². The Kier molecular flexibility index (Phi) is 4.13. The first-order valence-corrected chi connectivity index (χ1v) is 7.56. The number of aliphatic imine (C=N–C) groups is 1. The van der Waals surface area contributed by atoms with E-state index in [0.29, 0.717) is 23.0 Å². The van der Waals surface area contributed by atoms with Gasteiger partial charge in [0.15, 0.2) is 0 Å². The number of halogens is 3. The minimum atomic E-state index is -4.29. The van der Waals surface area contributed by atoms with Gasteiger partial charge in [0.25, 0.3) is 0 Å². The molecule has 0 fully saturated rings. The number of ether oxygens (including phenoxy) is 1. The third-order valence-corrected chi connectivity index (χ3v) is 4.14. The fraction of sp³-hybridized carbons (Fsp3) is 0.353. The molecule has 128 valence electrons. The van der Waals surface area contributed by atoms with Gasteiger partial charge in [-0.3, -0.25) is 5.01 Å². The highest BCUT2D eigenvalue weighted by Crippen LogP contribution is 2.34. The molecular weight excluding hydrogens is 319 g/mol. The smallest absolute Gasteiger partial charge is 0.405 e. The molecule has 1 aromatic rings. The maximum Gasteiger partial charge on any atom is 0.405 e. The van der Waals surface area contributed by atoms with Crippen molar-refractivity contribution < 1.29 is 17.9 Å². The zero-order valence-electron chi connectivity index (χ0n) is 13.6. The van der Waals surface area contributed by atoms with Crippen molar-refractivity contribution in [3.05, 3.63) is 53.5 Å². The van der Waals surface area contributed by atoms with Crippen molar-refractivity contribution in [2.45, 2.75) is 26.1 Å². The summed E-state index contributed by atoms with van der Waals surface area (Å²) in [5.41, 5.74) is 2.26. The van der Waals surface area contributed by atoms with Crippen LogP contribution in [0, 0.1) is 0 Å². The second-order valence-electron chi connectivity index (χ2n) is 5.73. The van der Waals surface area contributed by atoms with Crippen LogP contribution in [-0.2, 0) is 0 Å². The minimum absolute atomic E-state index is 0.177. The molecule has 1 aromatic carbocycles. The van der Waals surface area contributed by atoms with Gasteiger partial charge in [-0.15, -0.1) is 0 Å². The fourth-order valence-electron chi connectivity index (χ4n) is 2.80. The van der Waals surface area contributed by atoms with E-state index in [2.05, 4.69) is 4.99 Å². The zero-order valence-corrected chi connectivity index (χ0v) is 13.6. The average molecular weight is 337 g/mol. The summed E-state index contributed by atoms with van der Waals surface area (Å²) in [7, 11) is 1.58. The number of allylic oxidation sites excluding steroid dienone is 2. The Labute approximate surface area is 138 Å². The second-order valence-corrected chi connectivity index (χ2v) is 5.73. The Bertz CT molecular complexity index is 737. The summed E-state index contributed by atoms with van der Waals surface area (Å²) >= 11 is 0. The second kappa shape index (κ2) is 5.98. The van der Waals surface area contributed by atoms with E-state index < -0.39 is 12.2 Å². The van der Waals surface area contributed by atoms with Gasteiger partial charge < -0.3 is 4.74 Å². The molecular formula is C17H18F3N3O. The van der Waals surface area contributed by atoms with Crippen LogP contribution in [0.2, 0.25) is 0 Å². The molecule has 0 saturated heterocycles. The average Bonchev–Trinajstić information content (AvgIpc) is 2.97. The molecule has 0 saturated carbocycles. The fourth-order valence-corrected chi connectivity index (χ4v) is 2.80. The molecule has 0 bridgehead atoms. The van der Waals surface area contributed by atoms with Crippen LogP contribution in [0.15, 0.2) is 52.9 Å². The van der Waals surface area contributed by atoms with Crippen molar-refractivity contribution in [2.75, 3.05) is 13.7 Å². The maximum absolute atomic E-state index is 13.1. The predicted octanol–water partition coefficient (Wildman–Crippen LogP) is 3.73. The van der Waals surface area contributed by atoms with Gasteiger partial charge in [0.2, 0.25) is 0 Å². The molecule has 0 spiro atoms. The molecule has 3 rings (SSSR count). The first-order chi connectivity index (χ1) is 11.3. The zero-order chi connectivity index (χ0) is 17.5. The van der Waals surface area contributed by atoms with Gasteiger partial charge in [0, 0.05) is 17.8 Å². The van der Waals surface area contributed by atoms with Gasteiger partial charge in [0.05, 0.1) is 12.8 Å². The van der Waals surface area contributed by atoms with E-state index in [1.807, 2.05) is 24.3 Å². The monoisotopic (exact) mass is 337 g/mol. The van der Waals surface area contributed by atoms with Gasteiger partial charge in [0.1, 0.15) is 17.6 Å². The number of fused-ring (bicyclic) bond motifs is 1. The number of methoxy groups -OCH3 is 1. The number of hydrogen-bond acceptors (Lipinski definition) is 4. The predicted molar refractivity (Wildman–Crippen MR) is 85.4 cm³/mol. The Morgan fingerprint density at radius 3 is 2.71 bits per heavy atom. The summed E-state index contributed by atoms with van der Waals surface area (Å²) in [5, 5.41) is 2.80. The normalized spacial score (nSPS) is 19.4. The summed E-state index contributed by atoms with van der Waals surface area (Å²) in [6, 6.07) is 5.85. The lowest BCUT2D eigenvalue weighted by Crippen LogP contribution is -2.49. The van der Waals surface area contributed by atoms with E-state index in [4.69, 9.17) is 4.74 Å². The van der Waals surface area contributed by atoms with Crippen molar-refractivity contribution in [3.8, 4) is 5.75 Å². The number of hydrogen-bond donors (Lipinski definition) is 0. The van der Waals surface area contributed by atoms with E-state index in [0.717, 1.165) is 12.5 Å². The molecule has 0 aliphatic carbocycles. The van der Waals surface area contributed by atoms with Crippen LogP contribution in [-0.4, -0.2) is 41.6 Å². The largest absolute Gasteiger partial charge is 0.497 e. The molecule has 2 aliphatic heterocycles. The number of nitrogens with zero attached hydrogens (tertiary/aromatic N) is 3. The van der Waals surface area contributed by atoms with Gasteiger partial charge in [-0.2, -0.15) is 18.2 Å². The SMILES string of the molecule is COc1cccc(C2=NC3=CCN(C(C)C(F)(F)F)N3C(C)=C2)c1. The Morgan fingerprint density at radius 2 is 2.04 bits per heavy atom. The third kappa shape index (κ3) is 2.91. The number of rotatable bonds is 3. The first kappa shape index (κ1) is 16.6. The molecule has 1 unspecified atom stereocenters. The van der Waals surface area contributed by atoms with Crippen LogP contribution in [0.4, 0.5) is 13.2 Å². The summed E-state index contributed by atoms with van der Waals surface area (Å²) in [5.74, 6) is 1.22. The Balaban J connectivity index is 1.90. The topological polar surface area (TPSA) is 28.1 Å². The third-order valence-electron chi connectivity index (χ3n) is 4.14. The standard InChI is InChI=1S/C17H18F3N3O/c1-11-9-15(13-5-4-6-14(10-13)24-3)21-16-7-8-22(23(11)16)12(2)17(18,19)20/h4-7,9-10,12H,8H2,1-3H3. The quantitative estimate of drug-likeness (QED) is 0.841. The molecule has 2 aliphatic rings. The van der Waals surface area contributed by atoms with Gasteiger partial charge in [-0.25, -0.2) is 4.99 Å². The maximum atomic E-state index is 13.1. The van der Waals surface area contributed by atoms with Crippen molar-refractivity contribution in [2.24, 2.45) is 4.99 Å². The van der Waals surface area contributed by atoms with E-state index in [9.17, 15) is 13.2 Å². The van der Waals surface area contributed by atoms with E-state index >= 15 is 0 Å². The van der Waals surface area contributed by atoms with Crippen LogP contribution in [0.1, 0.15) is 19.4 Å². The number of alkyl halides is 3. The van der Waals surface area contributed by atoms with E-state index in [1.165, 1.54) is 10.0 Å². The summed E-state index contributed by atoms with van der Waals surface area (Å²) in [6.07, 6.45) is -0.799. The van der Waals surface area contributed by atoms with Crippen molar-refractivity contribution in [1.29, 1.82) is 0 Å². The first-order valence-electron chi connectivity index (χ1n) is 7.56. The highest BCUT2D eigenvalue weighted by molar-refractivity contribution is 6.10. The van der Waals surface area contributed by atoms with Gasteiger partial charge in [-0.05, 0) is 38.1 Å². The van der Waals surface area contributed by atoms with Crippen molar-refractivity contribution in [1.82, 2.24) is 10.0 Å². The molecule has 7 heteroatoms. The van der Waals surface area contributed by atoms with Crippen LogP contribution in [0.5, 0.6) is 5.75 Å². The molecule has 0 amide bonds. The Morgan fingerprint density at radius 1 is 1.29 bits per heavy atom. The molecule has 24 heavy (non-hydrogen) atoms. The minimum Gasteiger partial charge on any atom is -0.497 e. The van der Waals surface area contributed by atoms with Crippen LogP contribution in [0.3, 0.4) is 0 Å². The Hall–Kier alpha value is -2.28. The lowest BCUT2D eigenvalue weighted by atomic mass is 10.1. The highest BCUT2D eigenvalue weighted by Gasteiger charge is 2.45. The summed E-state index contributed by atoms with van der Waals surface area (Å²) < 4.78 is 44.4. The van der Waals surface area contributed by atoms with E-state index in [1.54, 1.807) is 26.2 Å². The number of hydrazine groups is 1. The molecule has 0 radical (unpaired) electrons. The lowest BCUT2D eigenvalue weighted by molar-refractivity contribution is -0.201. The van der Waals surface area contributed by atoms with Crippen LogP contribution >= 0.6 is 0 Å². The molecule has 4 nitrogen and oxygen atoms in total. The molecule has 0 aromatic heterocycles. The summed E-state index contributed by atoms with van der Waals surface area (Å²) in [4.78, 5) is 4.52. The highest BCUT2D eigenvalue weighted by atomic mass is 19.4. The molecule has 0 N–H and O–H groups in total. The summed E-state index contributed by atoms with van der Waals surface area (Å²) in [6.45, 7) is 3.12. The van der Waals surface area contributed by atoms with Crippen molar-refractivity contribution in [3.63, 3.8) is 0 Å². The van der Waals surface area contributed by atoms with E-state index in [-0.39, 0.29) is 6.54 Å².